The average molecular weight is 328 g/mol. The van der Waals surface area contributed by atoms with E-state index in [9.17, 15) is 4.79 Å². The number of hydrogen-bond acceptors (Lipinski definition) is 2. The average Bonchev–Trinajstić information content (AvgIpc) is 2.68. The summed E-state index contributed by atoms with van der Waals surface area (Å²) in [5, 5.41) is 1.71. The minimum atomic E-state index is -0.0547. The number of allylic oxidation sites excluding steroid dienone is 6. The van der Waals surface area contributed by atoms with Crippen LogP contribution in [0.25, 0.3) is 10.9 Å². The first-order chi connectivity index (χ1) is 11.0. The number of carbonyl (C=O) groups excluding carboxylic acids is 1. The highest BCUT2D eigenvalue weighted by Crippen LogP contribution is 2.29. The third-order valence-corrected chi connectivity index (χ3v) is 4.29. The van der Waals surface area contributed by atoms with E-state index < -0.39 is 0 Å². The molecule has 23 heavy (non-hydrogen) atoms. The van der Waals surface area contributed by atoms with Crippen LogP contribution in [-0.4, -0.2) is 17.6 Å². The van der Waals surface area contributed by atoms with Gasteiger partial charge in [-0.25, -0.2) is 0 Å². The summed E-state index contributed by atoms with van der Waals surface area (Å²) in [4.78, 5) is 13.0. The lowest BCUT2D eigenvalue weighted by molar-refractivity contribution is 0.0962. The molecule has 0 aliphatic heterocycles. The van der Waals surface area contributed by atoms with Crippen molar-refractivity contribution in [3.63, 3.8) is 0 Å². The molecule has 0 N–H and O–H groups in total. The summed E-state index contributed by atoms with van der Waals surface area (Å²) in [6.45, 7) is 3.91. The number of halogens is 1. The highest BCUT2D eigenvalue weighted by Gasteiger charge is 2.17. The zero-order valence-corrected chi connectivity index (χ0v) is 14.1. The van der Waals surface area contributed by atoms with E-state index in [4.69, 9.17) is 16.3 Å². The lowest BCUT2D eigenvalue weighted by Crippen LogP contribution is -2.13. The normalized spacial score (nSPS) is 14.4. The maximum atomic E-state index is 13.0. The second kappa shape index (κ2) is 6.09. The van der Waals surface area contributed by atoms with Crippen molar-refractivity contribution in [2.24, 2.45) is 0 Å². The Morgan fingerprint density at radius 2 is 2.00 bits per heavy atom. The van der Waals surface area contributed by atoms with Gasteiger partial charge in [0.25, 0.3) is 5.91 Å². The number of nitrogens with zero attached hydrogens (tertiary/aromatic N) is 1. The monoisotopic (exact) mass is 327 g/mol. The molecular weight excluding hydrogens is 310 g/mol. The van der Waals surface area contributed by atoms with Crippen LogP contribution in [0.2, 0.25) is 0 Å². The second-order valence-corrected chi connectivity index (χ2v) is 6.13. The first-order valence-electron chi connectivity index (χ1n) is 7.45. The highest BCUT2D eigenvalue weighted by molar-refractivity contribution is 6.29. The van der Waals surface area contributed by atoms with Crippen LogP contribution < -0.4 is 4.74 Å². The van der Waals surface area contributed by atoms with Gasteiger partial charge in [0, 0.05) is 28.1 Å². The summed E-state index contributed by atoms with van der Waals surface area (Å²) in [7, 11) is 1.65. The Hall–Kier alpha value is -2.26. The van der Waals surface area contributed by atoms with Crippen LogP contribution >= 0.6 is 11.6 Å². The van der Waals surface area contributed by atoms with Gasteiger partial charge >= 0.3 is 0 Å². The Balaban J connectivity index is 2.14. The predicted molar refractivity (Wildman–Crippen MR) is 94.4 cm³/mol. The number of fused-ring (bicyclic) bond motifs is 1. The molecule has 118 valence electrons. The summed E-state index contributed by atoms with van der Waals surface area (Å²) in [6.07, 6.45) is 7.94. The first-order valence-corrected chi connectivity index (χ1v) is 7.83. The molecule has 2 aromatic rings. The van der Waals surface area contributed by atoms with Gasteiger partial charge < -0.3 is 4.74 Å². The van der Waals surface area contributed by atoms with Crippen LogP contribution in [0, 0.1) is 13.8 Å². The summed E-state index contributed by atoms with van der Waals surface area (Å²) in [5.74, 6) is 0.770. The van der Waals surface area contributed by atoms with E-state index in [1.807, 2.05) is 44.2 Å². The fraction of sp³-hybridized carbons (Fsp3) is 0.211. The molecule has 0 radical (unpaired) electrons. The summed E-state index contributed by atoms with van der Waals surface area (Å²) < 4.78 is 7.11. The van der Waals surface area contributed by atoms with Crippen molar-refractivity contribution in [3.8, 4) is 5.75 Å². The third kappa shape index (κ3) is 2.84. The van der Waals surface area contributed by atoms with Gasteiger partial charge in [-0.1, -0.05) is 23.8 Å². The molecule has 0 bridgehead atoms. The number of hydrogen-bond donors (Lipinski definition) is 0. The van der Waals surface area contributed by atoms with Crippen molar-refractivity contribution in [1.29, 1.82) is 0 Å². The zero-order valence-electron chi connectivity index (χ0n) is 13.4. The SMILES string of the molecule is COc1cc2cc(C)n(C(=O)C3=CC=C(Cl)CC=C3)c2cc1C. The van der Waals surface area contributed by atoms with Gasteiger partial charge in [0.15, 0.2) is 0 Å². The standard InChI is InChI=1S/C19H18ClNO2/c1-12-9-17-15(11-18(12)23-3)10-13(2)21(17)19(22)14-5-4-6-16(20)8-7-14/h4-5,7-11H,6H2,1-3H3. The van der Waals surface area contributed by atoms with E-state index in [1.54, 1.807) is 23.8 Å². The van der Waals surface area contributed by atoms with Crippen LogP contribution in [0.15, 0.2) is 53.1 Å². The smallest absolute Gasteiger partial charge is 0.262 e. The first kappa shape index (κ1) is 15.6. The van der Waals surface area contributed by atoms with E-state index in [1.165, 1.54) is 0 Å². The van der Waals surface area contributed by atoms with Gasteiger partial charge in [-0.3, -0.25) is 9.36 Å². The molecule has 1 aromatic carbocycles. The van der Waals surface area contributed by atoms with Crippen LogP contribution in [0.4, 0.5) is 0 Å². The van der Waals surface area contributed by atoms with E-state index in [0.717, 1.165) is 32.9 Å². The van der Waals surface area contributed by atoms with Crippen LogP contribution in [0.5, 0.6) is 5.75 Å². The van der Waals surface area contributed by atoms with Gasteiger partial charge in [-0.05, 0) is 49.8 Å². The summed E-state index contributed by atoms with van der Waals surface area (Å²) in [5.41, 5.74) is 3.40. The molecule has 4 heteroatoms. The Bertz CT molecular complexity index is 884. The molecule has 0 saturated carbocycles. The van der Waals surface area contributed by atoms with Crippen molar-refractivity contribution in [3.05, 3.63) is 64.4 Å². The fourth-order valence-corrected chi connectivity index (χ4v) is 2.99. The molecule has 1 aliphatic carbocycles. The van der Waals surface area contributed by atoms with E-state index >= 15 is 0 Å². The number of rotatable bonds is 2. The van der Waals surface area contributed by atoms with Crippen molar-refractivity contribution in [2.75, 3.05) is 7.11 Å². The molecule has 1 aliphatic rings. The summed E-state index contributed by atoms with van der Waals surface area (Å²) >= 11 is 6.03. The van der Waals surface area contributed by atoms with Gasteiger partial charge in [-0.15, -0.1) is 0 Å². The fourth-order valence-electron chi connectivity index (χ4n) is 2.84. The predicted octanol–water partition coefficient (Wildman–Crippen LogP) is 4.92. The lowest BCUT2D eigenvalue weighted by atomic mass is 10.1. The zero-order chi connectivity index (χ0) is 16.6. The maximum absolute atomic E-state index is 13.0. The number of methoxy groups -OCH3 is 1. The van der Waals surface area contributed by atoms with Crippen molar-refractivity contribution in [1.82, 2.24) is 4.57 Å². The van der Waals surface area contributed by atoms with Gasteiger partial charge in [0.2, 0.25) is 0 Å². The minimum Gasteiger partial charge on any atom is -0.496 e. The molecule has 3 nitrogen and oxygen atoms in total. The molecule has 0 fully saturated rings. The Morgan fingerprint density at radius 1 is 1.22 bits per heavy atom. The maximum Gasteiger partial charge on any atom is 0.262 e. The lowest BCUT2D eigenvalue weighted by Gasteiger charge is -2.09. The number of aromatic nitrogens is 1. The number of benzene rings is 1. The van der Waals surface area contributed by atoms with Gasteiger partial charge in [0.1, 0.15) is 5.75 Å². The molecule has 3 rings (SSSR count). The Kier molecular flexibility index (Phi) is 4.14. The molecule has 1 aromatic heterocycles. The molecule has 0 spiro atoms. The van der Waals surface area contributed by atoms with Crippen molar-refractivity contribution in [2.45, 2.75) is 20.3 Å². The van der Waals surface area contributed by atoms with Gasteiger partial charge in [-0.2, -0.15) is 0 Å². The largest absolute Gasteiger partial charge is 0.496 e. The number of aryl methyl sites for hydroxylation is 2. The molecule has 0 amide bonds. The van der Waals surface area contributed by atoms with Crippen molar-refractivity contribution >= 4 is 28.4 Å². The topological polar surface area (TPSA) is 31.2 Å². The summed E-state index contributed by atoms with van der Waals surface area (Å²) in [6, 6.07) is 5.96. The molecular formula is C19H18ClNO2. The molecule has 0 saturated heterocycles. The molecule has 0 unspecified atom stereocenters. The quantitative estimate of drug-likeness (QED) is 0.784. The van der Waals surface area contributed by atoms with Gasteiger partial charge in [0.05, 0.1) is 12.6 Å². The van der Waals surface area contributed by atoms with Crippen LogP contribution in [-0.2, 0) is 0 Å². The van der Waals surface area contributed by atoms with Crippen LogP contribution in [0.3, 0.4) is 0 Å². The Labute approximate surface area is 140 Å². The van der Waals surface area contributed by atoms with Crippen molar-refractivity contribution < 1.29 is 9.53 Å². The third-order valence-electron chi connectivity index (χ3n) is 4.01. The number of ether oxygens (including phenoxy) is 1. The minimum absolute atomic E-state index is 0.0547. The van der Waals surface area contributed by atoms with E-state index in [2.05, 4.69) is 0 Å². The van der Waals surface area contributed by atoms with E-state index in [0.29, 0.717) is 12.0 Å². The van der Waals surface area contributed by atoms with E-state index in [-0.39, 0.29) is 5.91 Å². The Morgan fingerprint density at radius 3 is 2.74 bits per heavy atom. The molecule has 0 atom stereocenters. The number of carbonyl (C=O) groups is 1. The molecule has 1 heterocycles. The second-order valence-electron chi connectivity index (χ2n) is 5.65. The highest BCUT2D eigenvalue weighted by atomic mass is 35.5. The van der Waals surface area contributed by atoms with Crippen LogP contribution in [0.1, 0.15) is 22.5 Å².